The molecule has 6 heteroatoms. The molecule has 0 radical (unpaired) electrons. The summed E-state index contributed by atoms with van der Waals surface area (Å²) in [6.07, 6.45) is 1.59. The molecule has 0 spiro atoms. The summed E-state index contributed by atoms with van der Waals surface area (Å²) in [5.74, 6) is -1.65. The standard InChI is InChI=1S/C11H16N2O4/c14-9-6-13(4-3-12-9)10(15)7-1-2-8(5-7)11(16)17/h7-8H,1-6H2,(H,12,14)(H,16,17). The Bertz CT molecular complexity index is 355. The van der Waals surface area contributed by atoms with Gasteiger partial charge in [0.1, 0.15) is 0 Å². The second-order valence-corrected chi connectivity index (χ2v) is 4.65. The highest BCUT2D eigenvalue weighted by molar-refractivity contribution is 5.87. The van der Waals surface area contributed by atoms with Crippen molar-refractivity contribution in [3.8, 4) is 0 Å². The van der Waals surface area contributed by atoms with Crippen LogP contribution in [0.5, 0.6) is 0 Å². The molecule has 6 nitrogen and oxygen atoms in total. The molecule has 0 aromatic carbocycles. The van der Waals surface area contributed by atoms with Gasteiger partial charge >= 0.3 is 5.97 Å². The van der Waals surface area contributed by atoms with E-state index in [4.69, 9.17) is 5.11 Å². The molecule has 1 aliphatic carbocycles. The van der Waals surface area contributed by atoms with Crippen molar-refractivity contribution in [3.63, 3.8) is 0 Å². The number of nitrogens with one attached hydrogen (secondary N) is 1. The molecule has 2 aliphatic rings. The average Bonchev–Trinajstić information content (AvgIpc) is 2.77. The summed E-state index contributed by atoms with van der Waals surface area (Å²) in [6.45, 7) is 1.12. The Morgan fingerprint density at radius 3 is 2.59 bits per heavy atom. The highest BCUT2D eigenvalue weighted by atomic mass is 16.4. The fraction of sp³-hybridized carbons (Fsp3) is 0.727. The monoisotopic (exact) mass is 240 g/mol. The lowest BCUT2D eigenvalue weighted by Gasteiger charge is -2.28. The predicted octanol–water partition coefficient (Wildman–Crippen LogP) is -0.554. The van der Waals surface area contributed by atoms with Gasteiger partial charge in [0, 0.05) is 19.0 Å². The van der Waals surface area contributed by atoms with Crippen LogP contribution in [0.2, 0.25) is 0 Å². The normalized spacial score (nSPS) is 28.9. The Balaban J connectivity index is 1.92. The summed E-state index contributed by atoms with van der Waals surface area (Å²) >= 11 is 0. The van der Waals surface area contributed by atoms with Gasteiger partial charge in [-0.15, -0.1) is 0 Å². The third-order valence-electron chi connectivity index (χ3n) is 3.48. The van der Waals surface area contributed by atoms with E-state index in [1.807, 2.05) is 0 Å². The van der Waals surface area contributed by atoms with Crippen LogP contribution in [-0.4, -0.2) is 47.4 Å². The van der Waals surface area contributed by atoms with Crippen molar-refractivity contribution in [3.05, 3.63) is 0 Å². The average molecular weight is 240 g/mol. The summed E-state index contributed by atoms with van der Waals surface area (Å²) in [7, 11) is 0. The van der Waals surface area contributed by atoms with Crippen molar-refractivity contribution in [2.75, 3.05) is 19.6 Å². The van der Waals surface area contributed by atoms with E-state index in [0.29, 0.717) is 32.4 Å². The smallest absolute Gasteiger partial charge is 0.306 e. The van der Waals surface area contributed by atoms with Crippen LogP contribution in [0.25, 0.3) is 0 Å². The lowest BCUT2D eigenvalue weighted by Crippen LogP contribution is -2.51. The molecule has 2 amide bonds. The van der Waals surface area contributed by atoms with Crippen LogP contribution >= 0.6 is 0 Å². The van der Waals surface area contributed by atoms with Gasteiger partial charge in [-0.1, -0.05) is 0 Å². The number of carbonyl (C=O) groups excluding carboxylic acids is 2. The Kier molecular flexibility index (Phi) is 3.31. The van der Waals surface area contributed by atoms with Gasteiger partial charge in [-0.25, -0.2) is 0 Å². The van der Waals surface area contributed by atoms with Crippen LogP contribution in [0.15, 0.2) is 0 Å². The minimum atomic E-state index is -0.823. The van der Waals surface area contributed by atoms with Crippen molar-refractivity contribution in [1.29, 1.82) is 0 Å². The van der Waals surface area contributed by atoms with Crippen molar-refractivity contribution < 1.29 is 19.5 Å². The van der Waals surface area contributed by atoms with Gasteiger partial charge in [0.25, 0.3) is 0 Å². The molecule has 17 heavy (non-hydrogen) atoms. The van der Waals surface area contributed by atoms with E-state index in [2.05, 4.69) is 5.32 Å². The van der Waals surface area contributed by atoms with Gasteiger partial charge in [-0.3, -0.25) is 14.4 Å². The van der Waals surface area contributed by atoms with Crippen LogP contribution in [0, 0.1) is 11.8 Å². The van der Waals surface area contributed by atoms with Crippen LogP contribution in [-0.2, 0) is 14.4 Å². The van der Waals surface area contributed by atoms with Crippen LogP contribution < -0.4 is 5.32 Å². The maximum atomic E-state index is 12.1. The molecule has 1 aliphatic heterocycles. The van der Waals surface area contributed by atoms with Gasteiger partial charge in [-0.05, 0) is 19.3 Å². The molecule has 2 N–H and O–H groups in total. The lowest BCUT2D eigenvalue weighted by atomic mass is 10.0. The molecule has 1 saturated heterocycles. The summed E-state index contributed by atoms with van der Waals surface area (Å²) in [5, 5.41) is 11.5. The molecule has 2 unspecified atom stereocenters. The van der Waals surface area contributed by atoms with Gasteiger partial charge in [-0.2, -0.15) is 0 Å². The number of hydrogen-bond donors (Lipinski definition) is 2. The van der Waals surface area contributed by atoms with Gasteiger partial charge in [0.05, 0.1) is 12.5 Å². The zero-order valence-corrected chi connectivity index (χ0v) is 9.52. The molecule has 2 atom stereocenters. The van der Waals surface area contributed by atoms with Gasteiger partial charge < -0.3 is 15.3 Å². The Morgan fingerprint density at radius 2 is 2.00 bits per heavy atom. The molecular weight excluding hydrogens is 224 g/mol. The fourth-order valence-electron chi connectivity index (χ4n) is 2.51. The lowest BCUT2D eigenvalue weighted by molar-refractivity contribution is -0.143. The number of carboxylic acid groups (broad SMARTS) is 1. The molecule has 94 valence electrons. The van der Waals surface area contributed by atoms with Crippen LogP contribution in [0.3, 0.4) is 0 Å². The SMILES string of the molecule is O=C1CN(C(=O)C2CCC(C(=O)O)C2)CCN1. The van der Waals surface area contributed by atoms with E-state index in [9.17, 15) is 14.4 Å². The molecule has 0 aromatic heterocycles. The van der Waals surface area contributed by atoms with E-state index >= 15 is 0 Å². The molecular formula is C11H16N2O4. The second-order valence-electron chi connectivity index (χ2n) is 4.65. The summed E-state index contributed by atoms with van der Waals surface area (Å²) in [6, 6.07) is 0. The zero-order valence-electron chi connectivity index (χ0n) is 9.52. The quantitative estimate of drug-likeness (QED) is 0.677. The highest BCUT2D eigenvalue weighted by Crippen LogP contribution is 2.32. The van der Waals surface area contributed by atoms with Crippen LogP contribution in [0.4, 0.5) is 0 Å². The number of carboxylic acids is 1. The number of nitrogens with zero attached hydrogens (tertiary/aromatic N) is 1. The largest absolute Gasteiger partial charge is 0.481 e. The molecule has 1 saturated carbocycles. The fourth-order valence-corrected chi connectivity index (χ4v) is 2.51. The number of piperazine rings is 1. The first kappa shape index (κ1) is 11.9. The highest BCUT2D eigenvalue weighted by Gasteiger charge is 2.36. The molecule has 2 fully saturated rings. The second kappa shape index (κ2) is 4.73. The number of aliphatic carboxylic acids is 1. The Morgan fingerprint density at radius 1 is 1.29 bits per heavy atom. The third kappa shape index (κ3) is 2.57. The van der Waals surface area contributed by atoms with Crippen LogP contribution in [0.1, 0.15) is 19.3 Å². The molecule has 2 rings (SSSR count). The minimum Gasteiger partial charge on any atom is -0.481 e. The van der Waals surface area contributed by atoms with E-state index in [1.165, 1.54) is 4.90 Å². The first-order valence-electron chi connectivity index (χ1n) is 5.86. The Labute approximate surface area is 99.0 Å². The Hall–Kier alpha value is -1.59. The van der Waals surface area contributed by atoms with Gasteiger partial charge in [0.2, 0.25) is 11.8 Å². The van der Waals surface area contributed by atoms with Gasteiger partial charge in [0.15, 0.2) is 0 Å². The van der Waals surface area contributed by atoms with E-state index in [-0.39, 0.29) is 24.3 Å². The van der Waals surface area contributed by atoms with Crippen molar-refractivity contribution >= 4 is 17.8 Å². The molecule has 1 heterocycles. The maximum absolute atomic E-state index is 12.1. The van der Waals surface area contributed by atoms with Crippen molar-refractivity contribution in [2.45, 2.75) is 19.3 Å². The first-order chi connectivity index (χ1) is 8.08. The van der Waals surface area contributed by atoms with Crippen molar-refractivity contribution in [2.24, 2.45) is 11.8 Å². The first-order valence-corrected chi connectivity index (χ1v) is 5.86. The number of amides is 2. The number of carbonyl (C=O) groups is 3. The van der Waals surface area contributed by atoms with E-state index in [1.54, 1.807) is 0 Å². The summed E-state index contributed by atoms with van der Waals surface area (Å²) in [5.41, 5.74) is 0. The maximum Gasteiger partial charge on any atom is 0.306 e. The van der Waals surface area contributed by atoms with E-state index in [0.717, 1.165) is 0 Å². The molecule has 0 aromatic rings. The topological polar surface area (TPSA) is 86.7 Å². The summed E-state index contributed by atoms with van der Waals surface area (Å²) in [4.78, 5) is 35.6. The third-order valence-corrected chi connectivity index (χ3v) is 3.48. The predicted molar refractivity (Wildman–Crippen MR) is 58.1 cm³/mol. The van der Waals surface area contributed by atoms with E-state index < -0.39 is 11.9 Å². The molecule has 0 bridgehead atoms. The zero-order chi connectivity index (χ0) is 12.4. The minimum absolute atomic E-state index is 0.0661. The number of rotatable bonds is 2. The van der Waals surface area contributed by atoms with Crippen molar-refractivity contribution in [1.82, 2.24) is 10.2 Å². The number of hydrogen-bond acceptors (Lipinski definition) is 3. The summed E-state index contributed by atoms with van der Waals surface area (Å²) < 4.78 is 0.